The number of aromatic amines is 1. The molecule has 1 saturated heterocycles. The number of hydrogen-bond donors (Lipinski definition) is 3. The molecule has 1 aromatic carbocycles. The van der Waals surface area contributed by atoms with Crippen LogP contribution in [0.1, 0.15) is 18.4 Å². The van der Waals surface area contributed by atoms with Gasteiger partial charge in [0.05, 0.1) is 0 Å². The van der Waals surface area contributed by atoms with Gasteiger partial charge in [-0.15, -0.1) is 0 Å². The SMILES string of the molecule is O=C(Cn1ccc(=O)[nH]c1=O)N[C@@H]1CCCN(Cc2cccc(O)c2)C1. The van der Waals surface area contributed by atoms with Crippen LogP contribution in [0.15, 0.2) is 46.1 Å². The average Bonchev–Trinajstić information content (AvgIpc) is 2.58. The van der Waals surface area contributed by atoms with Crippen molar-refractivity contribution < 1.29 is 9.90 Å². The van der Waals surface area contributed by atoms with Crippen LogP contribution in [0.25, 0.3) is 0 Å². The smallest absolute Gasteiger partial charge is 0.328 e. The summed E-state index contributed by atoms with van der Waals surface area (Å²) in [6.45, 7) is 2.22. The summed E-state index contributed by atoms with van der Waals surface area (Å²) < 4.78 is 1.17. The molecular weight excluding hydrogens is 336 g/mol. The Morgan fingerprint density at radius 1 is 1.31 bits per heavy atom. The normalized spacial score (nSPS) is 17.8. The number of phenols is 1. The van der Waals surface area contributed by atoms with E-state index in [4.69, 9.17) is 0 Å². The topological polar surface area (TPSA) is 107 Å². The number of amides is 1. The first-order valence-electron chi connectivity index (χ1n) is 8.59. The zero-order valence-electron chi connectivity index (χ0n) is 14.4. The van der Waals surface area contributed by atoms with Crippen LogP contribution in [-0.4, -0.2) is 44.6 Å². The monoisotopic (exact) mass is 358 g/mol. The Balaban J connectivity index is 1.55. The van der Waals surface area contributed by atoms with E-state index in [0.717, 1.165) is 24.9 Å². The lowest BCUT2D eigenvalue weighted by molar-refractivity contribution is -0.122. The third kappa shape index (κ3) is 4.82. The highest BCUT2D eigenvalue weighted by molar-refractivity contribution is 5.76. The molecular formula is C18H22N4O4. The lowest BCUT2D eigenvalue weighted by Gasteiger charge is -2.33. The van der Waals surface area contributed by atoms with Crippen LogP contribution in [0.3, 0.4) is 0 Å². The van der Waals surface area contributed by atoms with E-state index in [2.05, 4.69) is 15.2 Å². The predicted molar refractivity (Wildman–Crippen MR) is 95.9 cm³/mol. The van der Waals surface area contributed by atoms with Crippen LogP contribution in [0.5, 0.6) is 5.75 Å². The van der Waals surface area contributed by atoms with Gasteiger partial charge in [0.15, 0.2) is 0 Å². The van der Waals surface area contributed by atoms with Gasteiger partial charge in [-0.1, -0.05) is 12.1 Å². The Kier molecular flexibility index (Phi) is 5.52. The zero-order chi connectivity index (χ0) is 18.5. The number of rotatable bonds is 5. The van der Waals surface area contributed by atoms with Gasteiger partial charge in [-0.25, -0.2) is 4.79 Å². The number of phenolic OH excluding ortho intramolecular Hbond substituents is 1. The Labute approximate surface area is 150 Å². The summed E-state index contributed by atoms with van der Waals surface area (Å²) in [6.07, 6.45) is 3.15. The second-order valence-corrected chi connectivity index (χ2v) is 6.55. The lowest BCUT2D eigenvalue weighted by Crippen LogP contribution is -2.48. The third-order valence-electron chi connectivity index (χ3n) is 4.40. The fourth-order valence-corrected chi connectivity index (χ4v) is 3.23. The van der Waals surface area contributed by atoms with E-state index in [0.29, 0.717) is 13.1 Å². The number of likely N-dealkylation sites (tertiary alicyclic amines) is 1. The molecule has 0 unspecified atom stereocenters. The Morgan fingerprint density at radius 3 is 2.92 bits per heavy atom. The molecule has 1 amide bonds. The molecule has 1 aliphatic rings. The predicted octanol–water partition coefficient (Wildman–Crippen LogP) is 0.0230. The maximum absolute atomic E-state index is 12.2. The summed E-state index contributed by atoms with van der Waals surface area (Å²) in [7, 11) is 0. The number of carbonyl (C=O) groups excluding carboxylic acids is 1. The Hall–Kier alpha value is -2.87. The van der Waals surface area contributed by atoms with Gasteiger partial charge < -0.3 is 10.4 Å². The van der Waals surface area contributed by atoms with E-state index < -0.39 is 11.2 Å². The molecule has 26 heavy (non-hydrogen) atoms. The first-order valence-corrected chi connectivity index (χ1v) is 8.59. The average molecular weight is 358 g/mol. The summed E-state index contributed by atoms with van der Waals surface area (Å²) >= 11 is 0. The second-order valence-electron chi connectivity index (χ2n) is 6.55. The number of benzene rings is 1. The number of aromatic nitrogens is 2. The molecule has 0 spiro atoms. The quantitative estimate of drug-likeness (QED) is 0.699. The zero-order valence-corrected chi connectivity index (χ0v) is 14.4. The highest BCUT2D eigenvalue weighted by Gasteiger charge is 2.21. The number of carbonyl (C=O) groups is 1. The van der Waals surface area contributed by atoms with Gasteiger partial charge in [-0.3, -0.25) is 24.0 Å². The van der Waals surface area contributed by atoms with E-state index in [1.165, 1.54) is 16.8 Å². The van der Waals surface area contributed by atoms with Crippen molar-refractivity contribution in [3.05, 3.63) is 62.9 Å². The Morgan fingerprint density at radius 2 is 2.15 bits per heavy atom. The van der Waals surface area contributed by atoms with Gasteiger partial charge in [0.1, 0.15) is 12.3 Å². The van der Waals surface area contributed by atoms with Gasteiger partial charge in [-0.2, -0.15) is 0 Å². The second kappa shape index (κ2) is 8.01. The maximum Gasteiger partial charge on any atom is 0.328 e. The van der Waals surface area contributed by atoms with Gasteiger partial charge in [-0.05, 0) is 37.1 Å². The van der Waals surface area contributed by atoms with Crippen LogP contribution in [0, 0.1) is 0 Å². The fraction of sp³-hybridized carbons (Fsp3) is 0.389. The standard InChI is InChI=1S/C18H22N4O4/c23-15-5-1-3-13(9-15)10-21-7-2-4-14(11-21)19-17(25)12-22-8-6-16(24)20-18(22)26/h1,3,5-6,8-9,14,23H,2,4,7,10-12H2,(H,19,25)(H,20,24,26)/t14-/m1/s1. The molecule has 2 aromatic rings. The van der Waals surface area contributed by atoms with Gasteiger partial charge in [0, 0.05) is 31.4 Å². The van der Waals surface area contributed by atoms with E-state index in [1.807, 2.05) is 12.1 Å². The molecule has 0 bridgehead atoms. The van der Waals surface area contributed by atoms with Crippen molar-refractivity contribution in [1.82, 2.24) is 19.8 Å². The largest absolute Gasteiger partial charge is 0.508 e. The maximum atomic E-state index is 12.2. The first-order chi connectivity index (χ1) is 12.5. The number of nitrogens with zero attached hydrogens (tertiary/aromatic N) is 2. The van der Waals surface area contributed by atoms with Crippen molar-refractivity contribution in [2.24, 2.45) is 0 Å². The highest BCUT2D eigenvalue weighted by Crippen LogP contribution is 2.16. The van der Waals surface area contributed by atoms with Crippen LogP contribution in [0.2, 0.25) is 0 Å². The Bertz CT molecular complexity index is 889. The molecule has 1 aromatic heterocycles. The molecule has 2 heterocycles. The van der Waals surface area contributed by atoms with E-state index >= 15 is 0 Å². The summed E-state index contributed by atoms with van der Waals surface area (Å²) in [5, 5.41) is 12.5. The number of aromatic hydroxyl groups is 1. The fourth-order valence-electron chi connectivity index (χ4n) is 3.23. The van der Waals surface area contributed by atoms with Crippen molar-refractivity contribution in [2.75, 3.05) is 13.1 Å². The van der Waals surface area contributed by atoms with Crippen LogP contribution in [-0.2, 0) is 17.9 Å². The number of H-pyrrole nitrogens is 1. The van der Waals surface area contributed by atoms with E-state index in [9.17, 15) is 19.5 Å². The van der Waals surface area contributed by atoms with Gasteiger partial charge in [0.25, 0.3) is 5.56 Å². The van der Waals surface area contributed by atoms with Crippen molar-refractivity contribution in [1.29, 1.82) is 0 Å². The molecule has 8 heteroatoms. The molecule has 1 aliphatic heterocycles. The third-order valence-corrected chi connectivity index (χ3v) is 4.40. The number of nitrogens with one attached hydrogen (secondary N) is 2. The minimum atomic E-state index is -0.596. The molecule has 1 fully saturated rings. The summed E-state index contributed by atoms with van der Waals surface area (Å²) in [5.74, 6) is -0.0148. The van der Waals surface area contributed by atoms with Crippen molar-refractivity contribution in [3.8, 4) is 5.75 Å². The molecule has 3 N–H and O–H groups in total. The summed E-state index contributed by atoms with van der Waals surface area (Å²) in [4.78, 5) is 39.3. The molecule has 0 radical (unpaired) electrons. The lowest BCUT2D eigenvalue weighted by atomic mass is 10.0. The van der Waals surface area contributed by atoms with Crippen LogP contribution >= 0.6 is 0 Å². The minimum absolute atomic E-state index is 0.00650. The number of piperidine rings is 1. The molecule has 0 saturated carbocycles. The molecule has 0 aliphatic carbocycles. The number of hydrogen-bond acceptors (Lipinski definition) is 5. The molecule has 1 atom stereocenters. The van der Waals surface area contributed by atoms with Crippen molar-refractivity contribution in [3.63, 3.8) is 0 Å². The molecule has 138 valence electrons. The van der Waals surface area contributed by atoms with E-state index in [1.54, 1.807) is 12.1 Å². The van der Waals surface area contributed by atoms with Crippen LogP contribution in [0.4, 0.5) is 0 Å². The van der Waals surface area contributed by atoms with Crippen LogP contribution < -0.4 is 16.6 Å². The summed E-state index contributed by atoms with van der Waals surface area (Å²) in [6, 6.07) is 8.38. The van der Waals surface area contributed by atoms with E-state index in [-0.39, 0.29) is 24.2 Å². The summed E-state index contributed by atoms with van der Waals surface area (Å²) in [5.41, 5.74) is -0.0555. The van der Waals surface area contributed by atoms with Gasteiger partial charge >= 0.3 is 5.69 Å². The molecule has 8 nitrogen and oxygen atoms in total. The first kappa shape index (κ1) is 17.9. The minimum Gasteiger partial charge on any atom is -0.508 e. The highest BCUT2D eigenvalue weighted by atomic mass is 16.3. The van der Waals surface area contributed by atoms with Crippen molar-refractivity contribution in [2.45, 2.75) is 32.0 Å². The van der Waals surface area contributed by atoms with Gasteiger partial charge in [0.2, 0.25) is 5.91 Å². The molecule has 3 rings (SSSR count). The van der Waals surface area contributed by atoms with Crippen molar-refractivity contribution >= 4 is 5.91 Å².